The SMILES string of the molecule is CCC1OCCC1CNC(=O)c1ccc(Br)cc1. The lowest BCUT2D eigenvalue weighted by Gasteiger charge is -2.17. The Balaban J connectivity index is 1.86. The molecule has 1 fully saturated rings. The van der Waals surface area contributed by atoms with E-state index in [4.69, 9.17) is 4.74 Å². The van der Waals surface area contributed by atoms with E-state index >= 15 is 0 Å². The summed E-state index contributed by atoms with van der Waals surface area (Å²) in [6.45, 7) is 3.64. The normalized spacial score (nSPS) is 23.0. The minimum Gasteiger partial charge on any atom is -0.378 e. The van der Waals surface area contributed by atoms with Crippen LogP contribution in [-0.2, 0) is 4.74 Å². The van der Waals surface area contributed by atoms with Gasteiger partial charge in [0.05, 0.1) is 6.10 Å². The third-order valence-corrected chi connectivity index (χ3v) is 3.91. The van der Waals surface area contributed by atoms with Crippen LogP contribution >= 0.6 is 15.9 Å². The highest BCUT2D eigenvalue weighted by Crippen LogP contribution is 2.22. The first-order valence-electron chi connectivity index (χ1n) is 6.36. The predicted octanol–water partition coefficient (Wildman–Crippen LogP) is 2.99. The maximum atomic E-state index is 11.9. The van der Waals surface area contributed by atoms with E-state index in [0.29, 0.717) is 24.1 Å². The van der Waals surface area contributed by atoms with E-state index in [1.165, 1.54) is 0 Å². The summed E-state index contributed by atoms with van der Waals surface area (Å²) >= 11 is 3.36. The summed E-state index contributed by atoms with van der Waals surface area (Å²) in [5, 5.41) is 2.99. The number of amides is 1. The Labute approximate surface area is 116 Å². The Hall–Kier alpha value is -0.870. The van der Waals surface area contributed by atoms with Gasteiger partial charge < -0.3 is 10.1 Å². The van der Waals surface area contributed by atoms with Crippen molar-refractivity contribution in [3.63, 3.8) is 0 Å². The first kappa shape index (κ1) is 13.6. The summed E-state index contributed by atoms with van der Waals surface area (Å²) in [5.41, 5.74) is 0.699. The molecule has 18 heavy (non-hydrogen) atoms. The van der Waals surface area contributed by atoms with E-state index in [9.17, 15) is 4.79 Å². The summed E-state index contributed by atoms with van der Waals surface area (Å²) < 4.78 is 6.59. The molecule has 2 atom stereocenters. The number of nitrogens with one attached hydrogen (secondary N) is 1. The molecule has 1 aliphatic heterocycles. The van der Waals surface area contributed by atoms with Gasteiger partial charge in [0, 0.05) is 29.1 Å². The molecular weight excluding hydrogens is 294 g/mol. The summed E-state index contributed by atoms with van der Waals surface area (Å²) in [4.78, 5) is 11.9. The first-order chi connectivity index (χ1) is 8.70. The lowest BCUT2D eigenvalue weighted by atomic mass is 9.99. The Morgan fingerprint density at radius 3 is 2.83 bits per heavy atom. The van der Waals surface area contributed by atoms with Gasteiger partial charge in [-0.2, -0.15) is 0 Å². The van der Waals surface area contributed by atoms with Crippen LogP contribution < -0.4 is 5.32 Å². The third kappa shape index (κ3) is 3.33. The number of carbonyl (C=O) groups is 1. The summed E-state index contributed by atoms with van der Waals surface area (Å²) in [7, 11) is 0. The predicted molar refractivity (Wildman–Crippen MR) is 74.6 cm³/mol. The maximum Gasteiger partial charge on any atom is 0.251 e. The number of hydrogen-bond acceptors (Lipinski definition) is 2. The number of rotatable bonds is 4. The van der Waals surface area contributed by atoms with Crippen molar-refractivity contribution in [2.75, 3.05) is 13.2 Å². The Morgan fingerprint density at radius 2 is 2.17 bits per heavy atom. The highest BCUT2D eigenvalue weighted by molar-refractivity contribution is 9.10. The van der Waals surface area contributed by atoms with Crippen LogP contribution in [0.5, 0.6) is 0 Å². The molecule has 0 saturated carbocycles. The van der Waals surface area contributed by atoms with Crippen LogP contribution in [0.4, 0.5) is 0 Å². The van der Waals surface area contributed by atoms with E-state index in [2.05, 4.69) is 28.2 Å². The number of carbonyl (C=O) groups excluding carboxylic acids is 1. The lowest BCUT2D eigenvalue weighted by Crippen LogP contribution is -2.32. The quantitative estimate of drug-likeness (QED) is 0.928. The van der Waals surface area contributed by atoms with Gasteiger partial charge in [-0.3, -0.25) is 4.79 Å². The van der Waals surface area contributed by atoms with Crippen molar-refractivity contribution in [3.8, 4) is 0 Å². The molecule has 1 aromatic rings. The van der Waals surface area contributed by atoms with E-state index in [1.807, 2.05) is 24.3 Å². The van der Waals surface area contributed by atoms with Gasteiger partial charge in [-0.1, -0.05) is 22.9 Å². The van der Waals surface area contributed by atoms with Crippen LogP contribution in [-0.4, -0.2) is 25.2 Å². The molecule has 0 bridgehead atoms. The first-order valence-corrected chi connectivity index (χ1v) is 7.15. The lowest BCUT2D eigenvalue weighted by molar-refractivity contribution is 0.0827. The molecule has 2 unspecified atom stereocenters. The van der Waals surface area contributed by atoms with Crippen molar-refractivity contribution < 1.29 is 9.53 Å². The van der Waals surface area contributed by atoms with E-state index in [0.717, 1.165) is 23.9 Å². The Morgan fingerprint density at radius 1 is 1.44 bits per heavy atom. The molecule has 98 valence electrons. The van der Waals surface area contributed by atoms with Gasteiger partial charge in [0.15, 0.2) is 0 Å². The largest absolute Gasteiger partial charge is 0.378 e. The zero-order valence-electron chi connectivity index (χ0n) is 10.5. The van der Waals surface area contributed by atoms with Gasteiger partial charge in [-0.25, -0.2) is 0 Å². The summed E-state index contributed by atoms with van der Waals surface area (Å²) in [6.07, 6.45) is 2.35. The molecule has 1 aromatic carbocycles. The average molecular weight is 312 g/mol. The third-order valence-electron chi connectivity index (χ3n) is 3.38. The van der Waals surface area contributed by atoms with Gasteiger partial charge in [0.1, 0.15) is 0 Å². The van der Waals surface area contributed by atoms with Gasteiger partial charge in [-0.05, 0) is 37.1 Å². The number of ether oxygens (including phenoxy) is 1. The van der Waals surface area contributed by atoms with Crippen LogP contribution in [0.3, 0.4) is 0 Å². The minimum absolute atomic E-state index is 0.00995. The fourth-order valence-corrected chi connectivity index (χ4v) is 2.57. The zero-order valence-corrected chi connectivity index (χ0v) is 12.1. The highest BCUT2D eigenvalue weighted by Gasteiger charge is 2.26. The molecule has 1 heterocycles. The highest BCUT2D eigenvalue weighted by atomic mass is 79.9. The minimum atomic E-state index is -0.00995. The van der Waals surface area contributed by atoms with E-state index in [-0.39, 0.29) is 5.91 Å². The fourth-order valence-electron chi connectivity index (χ4n) is 2.30. The molecular formula is C14H18BrNO2. The second-order valence-corrected chi connectivity index (χ2v) is 5.50. The van der Waals surface area contributed by atoms with E-state index < -0.39 is 0 Å². The molecule has 2 rings (SSSR count). The molecule has 4 heteroatoms. The van der Waals surface area contributed by atoms with Crippen molar-refractivity contribution in [1.82, 2.24) is 5.32 Å². The second-order valence-electron chi connectivity index (χ2n) is 4.58. The molecule has 3 nitrogen and oxygen atoms in total. The van der Waals surface area contributed by atoms with Gasteiger partial charge in [-0.15, -0.1) is 0 Å². The van der Waals surface area contributed by atoms with Crippen molar-refractivity contribution >= 4 is 21.8 Å². The number of halogens is 1. The van der Waals surface area contributed by atoms with Gasteiger partial charge in [0.25, 0.3) is 5.91 Å². The molecule has 1 N–H and O–H groups in total. The molecule has 1 amide bonds. The van der Waals surface area contributed by atoms with Crippen LogP contribution in [0.25, 0.3) is 0 Å². The average Bonchev–Trinajstić information content (AvgIpc) is 2.84. The maximum absolute atomic E-state index is 11.9. The topological polar surface area (TPSA) is 38.3 Å². The molecule has 0 aliphatic carbocycles. The summed E-state index contributed by atoms with van der Waals surface area (Å²) in [5.74, 6) is 0.443. The Bertz CT molecular complexity index is 405. The fraction of sp³-hybridized carbons (Fsp3) is 0.500. The van der Waals surface area contributed by atoms with Crippen LogP contribution in [0.15, 0.2) is 28.7 Å². The Kier molecular flexibility index (Phi) is 4.78. The number of benzene rings is 1. The number of hydrogen-bond donors (Lipinski definition) is 1. The molecule has 0 spiro atoms. The molecule has 0 radical (unpaired) electrons. The summed E-state index contributed by atoms with van der Waals surface area (Å²) in [6, 6.07) is 7.40. The molecule has 1 saturated heterocycles. The van der Waals surface area contributed by atoms with Crippen molar-refractivity contribution in [3.05, 3.63) is 34.3 Å². The van der Waals surface area contributed by atoms with Crippen LogP contribution in [0.2, 0.25) is 0 Å². The van der Waals surface area contributed by atoms with Crippen molar-refractivity contribution in [1.29, 1.82) is 0 Å². The standard InChI is InChI=1S/C14H18BrNO2/c1-2-13-11(7-8-18-13)9-16-14(17)10-3-5-12(15)6-4-10/h3-6,11,13H,2,7-9H2,1H3,(H,16,17). The zero-order chi connectivity index (χ0) is 13.0. The molecule has 0 aromatic heterocycles. The monoisotopic (exact) mass is 311 g/mol. The van der Waals surface area contributed by atoms with Gasteiger partial charge >= 0.3 is 0 Å². The molecule has 1 aliphatic rings. The van der Waals surface area contributed by atoms with Crippen LogP contribution in [0.1, 0.15) is 30.1 Å². The van der Waals surface area contributed by atoms with Crippen molar-refractivity contribution in [2.45, 2.75) is 25.9 Å². The van der Waals surface area contributed by atoms with Crippen molar-refractivity contribution in [2.24, 2.45) is 5.92 Å². The second kappa shape index (κ2) is 6.34. The van der Waals surface area contributed by atoms with Gasteiger partial charge in [0.2, 0.25) is 0 Å². The smallest absolute Gasteiger partial charge is 0.251 e. The van der Waals surface area contributed by atoms with Crippen LogP contribution in [0, 0.1) is 5.92 Å². The van der Waals surface area contributed by atoms with E-state index in [1.54, 1.807) is 0 Å².